The number of hydrogen-bond donors (Lipinski definition) is 1. The van der Waals surface area contributed by atoms with E-state index in [-0.39, 0.29) is 0 Å². The van der Waals surface area contributed by atoms with Crippen LogP contribution in [-0.2, 0) is 14.3 Å². The van der Waals surface area contributed by atoms with E-state index in [0.29, 0.717) is 0 Å². The summed E-state index contributed by atoms with van der Waals surface area (Å²) in [5.74, 6) is -0.981. The van der Waals surface area contributed by atoms with Crippen LogP contribution in [0, 0.1) is 0 Å². The van der Waals surface area contributed by atoms with Crippen molar-refractivity contribution in [3.63, 3.8) is 0 Å². The van der Waals surface area contributed by atoms with Crippen LogP contribution in [0.15, 0.2) is 12.7 Å². The van der Waals surface area contributed by atoms with Crippen LogP contribution in [0.2, 0.25) is 0 Å². The van der Waals surface area contributed by atoms with Crippen molar-refractivity contribution in [3.8, 4) is 0 Å². The van der Waals surface area contributed by atoms with Crippen LogP contribution >= 0.6 is 0 Å². The molecule has 0 aromatic heterocycles. The summed E-state index contributed by atoms with van der Waals surface area (Å²) in [5.41, 5.74) is 0. The summed E-state index contributed by atoms with van der Waals surface area (Å²) in [6, 6.07) is 0. The molecule has 0 amide bonds. The molecule has 0 aromatic carbocycles. The van der Waals surface area contributed by atoms with Crippen molar-refractivity contribution in [3.05, 3.63) is 12.7 Å². The molecule has 0 aliphatic carbocycles. The molecule has 0 aromatic rings. The summed E-state index contributed by atoms with van der Waals surface area (Å²) in [5, 5.41) is 7.60. The fraction of sp³-hybridized carbons (Fsp3) is 0.333. The number of hydrogen-bond acceptors (Lipinski definition) is 4. The average Bonchev–Trinajstić information content (AvgIpc) is 2.04. The molecular formula is C6H10O5. The molecule has 0 saturated carbocycles. The van der Waals surface area contributed by atoms with Crippen molar-refractivity contribution in [1.82, 2.24) is 0 Å². The van der Waals surface area contributed by atoms with Gasteiger partial charge in [-0.1, -0.05) is 6.58 Å². The number of carbonyl (C=O) groups is 2. The Morgan fingerprint density at radius 3 is 1.64 bits per heavy atom. The largest absolute Gasteiger partial charge is 0.507 e. The predicted molar refractivity (Wildman–Crippen MR) is 37.2 cm³/mol. The summed E-state index contributed by atoms with van der Waals surface area (Å²) in [6.07, 6.45) is 0.176. The molecule has 1 N–H and O–H groups in total. The maximum Gasteiger partial charge on any atom is 0.507 e. The van der Waals surface area contributed by atoms with Crippen molar-refractivity contribution in [2.45, 2.75) is 0 Å². The van der Waals surface area contributed by atoms with Gasteiger partial charge in [0.1, 0.15) is 0 Å². The Morgan fingerprint density at radius 2 is 1.64 bits per heavy atom. The molecule has 0 aliphatic heterocycles. The Bertz CT molecular complexity index is 134. The van der Waals surface area contributed by atoms with E-state index in [1.54, 1.807) is 0 Å². The summed E-state index contributed by atoms with van der Waals surface area (Å²) >= 11 is 0. The zero-order valence-electron chi connectivity index (χ0n) is 6.36. The Hall–Kier alpha value is -1.52. The molecule has 0 rings (SSSR count). The van der Waals surface area contributed by atoms with Gasteiger partial charge >= 0.3 is 12.1 Å². The first-order chi connectivity index (χ1) is 5.08. The number of methoxy groups -OCH3 is 2. The van der Waals surface area contributed by atoms with Crippen LogP contribution in [0.1, 0.15) is 0 Å². The van der Waals surface area contributed by atoms with Crippen molar-refractivity contribution >= 4 is 12.1 Å². The molecular weight excluding hydrogens is 152 g/mol. The van der Waals surface area contributed by atoms with Gasteiger partial charge in [0, 0.05) is 6.08 Å². The summed E-state index contributed by atoms with van der Waals surface area (Å²) in [4.78, 5) is 19.0. The highest BCUT2D eigenvalue weighted by atomic mass is 16.7. The zero-order chi connectivity index (χ0) is 9.28. The van der Waals surface area contributed by atoms with E-state index in [0.717, 1.165) is 6.08 Å². The minimum absolute atomic E-state index is 0.657. The molecule has 0 aliphatic rings. The van der Waals surface area contributed by atoms with Crippen LogP contribution in [0.5, 0.6) is 0 Å². The third-order valence-corrected chi connectivity index (χ3v) is 0.508. The highest BCUT2D eigenvalue weighted by Gasteiger charge is 1.88. The lowest BCUT2D eigenvalue weighted by atomic mass is 10.7. The first kappa shape index (κ1) is 12.2. The Kier molecular flexibility index (Phi) is 9.39. The van der Waals surface area contributed by atoms with Crippen molar-refractivity contribution < 1.29 is 24.2 Å². The topological polar surface area (TPSA) is 72.8 Å². The summed E-state index contributed by atoms with van der Waals surface area (Å²) < 4.78 is 8.08. The highest BCUT2D eigenvalue weighted by Crippen LogP contribution is 1.72. The van der Waals surface area contributed by atoms with Gasteiger partial charge in [-0.2, -0.15) is 0 Å². The van der Waals surface area contributed by atoms with E-state index < -0.39 is 12.1 Å². The Balaban J connectivity index is 0. The molecule has 5 nitrogen and oxygen atoms in total. The molecule has 0 radical (unpaired) electrons. The molecule has 64 valence electrons. The lowest BCUT2D eigenvalue weighted by molar-refractivity contribution is -0.131. The average molecular weight is 162 g/mol. The number of carboxylic acids is 1. The van der Waals surface area contributed by atoms with E-state index in [2.05, 4.69) is 16.1 Å². The lowest BCUT2D eigenvalue weighted by Gasteiger charge is -1.89. The first-order valence-corrected chi connectivity index (χ1v) is 2.55. The summed E-state index contributed by atoms with van der Waals surface area (Å²) in [7, 11) is 2.51. The van der Waals surface area contributed by atoms with Crippen LogP contribution in [-0.4, -0.2) is 31.5 Å². The molecule has 0 heterocycles. The normalized spacial score (nSPS) is 6.73. The van der Waals surface area contributed by atoms with Crippen molar-refractivity contribution in [1.29, 1.82) is 0 Å². The quantitative estimate of drug-likeness (QED) is 0.452. The lowest BCUT2D eigenvalue weighted by Crippen LogP contribution is -1.97. The van der Waals surface area contributed by atoms with Gasteiger partial charge in [-0.15, -0.1) is 0 Å². The van der Waals surface area contributed by atoms with Gasteiger partial charge in [0.25, 0.3) is 0 Å². The van der Waals surface area contributed by atoms with Crippen LogP contribution in [0.4, 0.5) is 4.79 Å². The number of carbonyl (C=O) groups excluding carboxylic acids is 1. The third-order valence-electron chi connectivity index (χ3n) is 0.508. The fourth-order valence-electron chi connectivity index (χ4n) is 0.0833. The molecule has 0 saturated heterocycles. The Labute approximate surface area is 64.2 Å². The smallest absolute Gasteiger partial charge is 0.478 e. The number of ether oxygens (including phenoxy) is 2. The van der Waals surface area contributed by atoms with E-state index in [1.807, 2.05) is 0 Å². The van der Waals surface area contributed by atoms with E-state index >= 15 is 0 Å². The van der Waals surface area contributed by atoms with Gasteiger partial charge in [-0.05, 0) is 0 Å². The summed E-state index contributed by atoms with van der Waals surface area (Å²) in [6.45, 7) is 2.96. The van der Waals surface area contributed by atoms with Gasteiger partial charge in [-0.25, -0.2) is 9.59 Å². The molecule has 0 spiro atoms. The number of aliphatic carboxylic acids is 1. The predicted octanol–water partition coefficient (Wildman–Crippen LogP) is 0.656. The van der Waals surface area contributed by atoms with Crippen LogP contribution in [0.3, 0.4) is 0 Å². The minimum Gasteiger partial charge on any atom is -0.478 e. The molecule has 5 heteroatoms. The zero-order valence-corrected chi connectivity index (χ0v) is 6.36. The van der Waals surface area contributed by atoms with Gasteiger partial charge in [0.15, 0.2) is 0 Å². The molecule has 0 bridgehead atoms. The second-order valence-corrected chi connectivity index (χ2v) is 1.20. The second-order valence-electron chi connectivity index (χ2n) is 1.20. The first-order valence-electron chi connectivity index (χ1n) is 2.55. The maximum absolute atomic E-state index is 9.74. The SMILES string of the molecule is C=CC(=O)O.COC(=O)OC. The van der Waals surface area contributed by atoms with Gasteiger partial charge in [-0.3, -0.25) is 0 Å². The highest BCUT2D eigenvalue weighted by molar-refractivity contribution is 5.78. The van der Waals surface area contributed by atoms with Crippen LogP contribution < -0.4 is 0 Å². The molecule has 11 heavy (non-hydrogen) atoms. The van der Waals surface area contributed by atoms with Crippen molar-refractivity contribution in [2.75, 3.05) is 14.2 Å². The third kappa shape index (κ3) is 17.7. The van der Waals surface area contributed by atoms with E-state index in [1.165, 1.54) is 14.2 Å². The number of carboxylic acid groups (broad SMARTS) is 1. The fourth-order valence-corrected chi connectivity index (χ4v) is 0.0833. The number of rotatable bonds is 1. The molecule has 0 fully saturated rings. The van der Waals surface area contributed by atoms with E-state index in [9.17, 15) is 9.59 Å². The second kappa shape index (κ2) is 8.48. The monoisotopic (exact) mass is 162 g/mol. The maximum atomic E-state index is 9.74. The van der Waals surface area contributed by atoms with Gasteiger partial charge in [0.05, 0.1) is 14.2 Å². The molecule has 0 atom stereocenters. The van der Waals surface area contributed by atoms with E-state index in [4.69, 9.17) is 5.11 Å². The van der Waals surface area contributed by atoms with Gasteiger partial charge in [0.2, 0.25) is 0 Å². The van der Waals surface area contributed by atoms with Gasteiger partial charge < -0.3 is 14.6 Å². The standard InChI is InChI=1S/C3H6O3.C3H4O2/c1-5-3(4)6-2;1-2-3(4)5/h1-2H3;2H,1H2,(H,4,5). The van der Waals surface area contributed by atoms with Crippen LogP contribution in [0.25, 0.3) is 0 Å². The molecule has 0 unspecified atom stereocenters. The Morgan fingerprint density at radius 1 is 1.36 bits per heavy atom. The van der Waals surface area contributed by atoms with Crippen molar-refractivity contribution in [2.24, 2.45) is 0 Å². The minimum atomic E-state index is -0.981.